The number of amides is 1. The van der Waals surface area contributed by atoms with Gasteiger partial charge >= 0.3 is 0 Å². The lowest BCUT2D eigenvalue weighted by Gasteiger charge is -2.55. The standard InChI is InChI=1S/C15H20BrNO4S/c1-6-7-15(16)12(19)17-10(11(18)14(3,4)5)9(2)8-22(20,21)13(15)17/h6,13H,1,7-8H2,2-5H3/t13-,15-/m1/s1. The first kappa shape index (κ1) is 17.4. The lowest BCUT2D eigenvalue weighted by atomic mass is 9.84. The molecule has 0 bridgehead atoms. The maximum absolute atomic E-state index is 12.7. The smallest absolute Gasteiger partial charge is 0.248 e. The number of Topliss-reactive ketones (excluding diaryl/α,β-unsaturated/α-hetero) is 1. The van der Waals surface area contributed by atoms with E-state index in [2.05, 4.69) is 22.5 Å². The van der Waals surface area contributed by atoms with Crippen LogP contribution in [0.2, 0.25) is 0 Å². The molecule has 2 aliphatic rings. The molecular weight excluding hydrogens is 370 g/mol. The highest BCUT2D eigenvalue weighted by atomic mass is 79.9. The molecule has 5 nitrogen and oxygen atoms in total. The van der Waals surface area contributed by atoms with Crippen LogP contribution in [0.25, 0.3) is 0 Å². The van der Waals surface area contributed by atoms with Crippen LogP contribution in [0.4, 0.5) is 0 Å². The van der Waals surface area contributed by atoms with E-state index >= 15 is 0 Å². The van der Waals surface area contributed by atoms with Crippen LogP contribution in [0.5, 0.6) is 0 Å². The zero-order valence-corrected chi connectivity index (χ0v) is 15.5. The number of β-lactam (4-membered cyclic amide) rings is 1. The second kappa shape index (κ2) is 5.03. The van der Waals surface area contributed by atoms with Crippen molar-refractivity contribution in [3.63, 3.8) is 0 Å². The third kappa shape index (κ3) is 2.29. The van der Waals surface area contributed by atoms with Gasteiger partial charge in [0.25, 0.3) is 0 Å². The summed E-state index contributed by atoms with van der Waals surface area (Å²) in [5.74, 6) is -0.817. The number of hydrogen-bond acceptors (Lipinski definition) is 4. The van der Waals surface area contributed by atoms with Crippen LogP contribution in [-0.4, -0.2) is 40.5 Å². The summed E-state index contributed by atoms with van der Waals surface area (Å²) in [5, 5.41) is -1.05. The second-order valence-corrected chi connectivity index (χ2v) is 10.4. The van der Waals surface area contributed by atoms with Crippen molar-refractivity contribution in [3.05, 3.63) is 23.9 Å². The van der Waals surface area contributed by atoms with E-state index in [1.807, 2.05) is 0 Å². The number of nitrogens with zero attached hydrogens (tertiary/aromatic N) is 1. The van der Waals surface area contributed by atoms with Gasteiger partial charge in [0.05, 0.1) is 11.4 Å². The average molecular weight is 390 g/mol. The highest BCUT2D eigenvalue weighted by molar-refractivity contribution is 9.10. The lowest BCUT2D eigenvalue weighted by Crippen LogP contribution is -2.75. The molecule has 0 N–H and O–H groups in total. The highest BCUT2D eigenvalue weighted by Crippen LogP contribution is 2.50. The monoisotopic (exact) mass is 389 g/mol. The number of halogens is 1. The van der Waals surface area contributed by atoms with Crippen molar-refractivity contribution in [1.82, 2.24) is 4.90 Å². The van der Waals surface area contributed by atoms with Gasteiger partial charge in [-0.25, -0.2) is 8.42 Å². The van der Waals surface area contributed by atoms with Gasteiger partial charge in [0.2, 0.25) is 5.91 Å². The molecular formula is C15H20BrNO4S. The van der Waals surface area contributed by atoms with E-state index in [0.717, 1.165) is 4.90 Å². The predicted octanol–water partition coefficient (Wildman–Crippen LogP) is 2.18. The Morgan fingerprint density at radius 3 is 2.50 bits per heavy atom. The van der Waals surface area contributed by atoms with Crippen LogP contribution in [0.1, 0.15) is 34.1 Å². The molecule has 7 heteroatoms. The number of fused-ring (bicyclic) bond motifs is 1. The van der Waals surface area contributed by atoms with Gasteiger partial charge in [0, 0.05) is 5.41 Å². The van der Waals surface area contributed by atoms with Crippen LogP contribution < -0.4 is 0 Å². The van der Waals surface area contributed by atoms with Gasteiger partial charge in [-0.05, 0) is 18.9 Å². The molecule has 0 aliphatic carbocycles. The van der Waals surface area contributed by atoms with Gasteiger partial charge in [0.1, 0.15) is 4.32 Å². The first-order valence-corrected chi connectivity index (χ1v) is 9.48. The fourth-order valence-electron chi connectivity index (χ4n) is 2.93. The molecule has 2 atom stereocenters. The molecule has 1 saturated heterocycles. The van der Waals surface area contributed by atoms with Crippen molar-refractivity contribution in [2.75, 3.05) is 5.75 Å². The van der Waals surface area contributed by atoms with E-state index < -0.39 is 30.9 Å². The van der Waals surface area contributed by atoms with Gasteiger partial charge in [-0.2, -0.15) is 0 Å². The molecule has 2 heterocycles. The largest absolute Gasteiger partial charge is 0.292 e. The van der Waals surface area contributed by atoms with E-state index in [-0.39, 0.29) is 23.7 Å². The zero-order chi connectivity index (χ0) is 17.1. The molecule has 1 amide bonds. The maximum atomic E-state index is 12.7. The van der Waals surface area contributed by atoms with Gasteiger partial charge in [0.15, 0.2) is 21.0 Å². The number of carbonyl (C=O) groups is 2. The number of carbonyl (C=O) groups excluding carboxylic acids is 2. The Bertz CT molecular complexity index is 702. The van der Waals surface area contributed by atoms with Crippen molar-refractivity contribution in [1.29, 1.82) is 0 Å². The summed E-state index contributed by atoms with van der Waals surface area (Å²) in [4.78, 5) is 26.4. The van der Waals surface area contributed by atoms with Crippen LogP contribution in [-0.2, 0) is 19.4 Å². The summed E-state index contributed by atoms with van der Waals surface area (Å²) < 4.78 is 23.8. The molecule has 2 aliphatic heterocycles. The number of alkyl halides is 1. The van der Waals surface area contributed by atoms with E-state index in [0.29, 0.717) is 5.57 Å². The molecule has 1 fully saturated rings. The summed E-state index contributed by atoms with van der Waals surface area (Å²) in [5.41, 5.74) is -0.0277. The van der Waals surface area contributed by atoms with Crippen molar-refractivity contribution in [3.8, 4) is 0 Å². The molecule has 22 heavy (non-hydrogen) atoms. The van der Waals surface area contributed by atoms with Crippen LogP contribution in [0, 0.1) is 5.41 Å². The lowest BCUT2D eigenvalue weighted by molar-refractivity contribution is -0.146. The molecule has 0 spiro atoms. The summed E-state index contributed by atoms with van der Waals surface area (Å²) in [6.07, 6.45) is 1.71. The fourth-order valence-corrected chi connectivity index (χ4v) is 6.59. The van der Waals surface area contributed by atoms with Crippen molar-refractivity contribution >= 4 is 37.5 Å². The van der Waals surface area contributed by atoms with Crippen molar-refractivity contribution in [2.45, 2.75) is 43.8 Å². The minimum atomic E-state index is -3.55. The van der Waals surface area contributed by atoms with Gasteiger partial charge < -0.3 is 0 Å². The first-order valence-electron chi connectivity index (χ1n) is 6.97. The van der Waals surface area contributed by atoms with E-state index in [9.17, 15) is 18.0 Å². The van der Waals surface area contributed by atoms with Gasteiger partial charge in [-0.15, -0.1) is 6.58 Å². The Morgan fingerprint density at radius 2 is 2.05 bits per heavy atom. The Morgan fingerprint density at radius 1 is 1.50 bits per heavy atom. The van der Waals surface area contributed by atoms with Gasteiger partial charge in [-0.3, -0.25) is 14.5 Å². The SMILES string of the molecule is C=CC[C@@]1(Br)C(=O)N2C(C(=O)C(C)(C)C)=C(C)CS(=O)(=O)[C@@H]21. The van der Waals surface area contributed by atoms with Crippen LogP contribution >= 0.6 is 15.9 Å². The van der Waals surface area contributed by atoms with Crippen LogP contribution in [0.15, 0.2) is 23.9 Å². The molecule has 0 aromatic rings. The Hall–Kier alpha value is -0.950. The summed E-state index contributed by atoms with van der Waals surface area (Å²) in [7, 11) is -3.55. The molecule has 0 aromatic carbocycles. The molecule has 0 aromatic heterocycles. The number of rotatable bonds is 3. The number of allylic oxidation sites excluding steroid dienone is 2. The first-order chi connectivity index (χ1) is 9.88. The van der Waals surface area contributed by atoms with E-state index in [4.69, 9.17) is 0 Å². The fraction of sp³-hybridized carbons (Fsp3) is 0.600. The minimum Gasteiger partial charge on any atom is -0.292 e. The normalized spacial score (nSPS) is 30.7. The molecule has 0 saturated carbocycles. The topological polar surface area (TPSA) is 71.5 Å². The summed E-state index contributed by atoms with van der Waals surface area (Å²) in [6.45, 7) is 10.4. The second-order valence-electron chi connectivity index (χ2n) is 6.90. The zero-order valence-electron chi connectivity index (χ0n) is 13.1. The minimum absolute atomic E-state index is 0.197. The van der Waals surface area contributed by atoms with Crippen molar-refractivity contribution in [2.24, 2.45) is 5.41 Å². The summed E-state index contributed by atoms with van der Waals surface area (Å²) in [6, 6.07) is 0. The Balaban J connectivity index is 2.59. The molecule has 0 unspecified atom stereocenters. The van der Waals surface area contributed by atoms with E-state index in [1.165, 1.54) is 6.08 Å². The number of sulfone groups is 1. The third-order valence-corrected chi connectivity index (χ3v) is 7.47. The third-order valence-electron chi connectivity index (χ3n) is 3.94. The molecule has 122 valence electrons. The maximum Gasteiger partial charge on any atom is 0.248 e. The van der Waals surface area contributed by atoms with E-state index in [1.54, 1.807) is 27.7 Å². The summed E-state index contributed by atoms with van der Waals surface area (Å²) >= 11 is 3.28. The highest BCUT2D eigenvalue weighted by Gasteiger charge is 2.67. The quantitative estimate of drug-likeness (QED) is 0.421. The predicted molar refractivity (Wildman–Crippen MR) is 88.1 cm³/mol. The average Bonchev–Trinajstić information content (AvgIpc) is 2.34. The van der Waals surface area contributed by atoms with Crippen molar-refractivity contribution < 1.29 is 18.0 Å². The Kier molecular flexibility index (Phi) is 3.98. The Labute approximate surface area is 139 Å². The molecule has 2 rings (SSSR count). The number of hydrogen-bond donors (Lipinski definition) is 0. The number of ketones is 1. The van der Waals surface area contributed by atoms with Gasteiger partial charge in [-0.1, -0.05) is 42.8 Å². The molecule has 0 radical (unpaired) electrons. The van der Waals surface area contributed by atoms with Crippen LogP contribution in [0.3, 0.4) is 0 Å².